The quantitative estimate of drug-likeness (QED) is 0.214. The summed E-state index contributed by atoms with van der Waals surface area (Å²) in [4.78, 5) is 4.82. The van der Waals surface area contributed by atoms with Crippen LogP contribution in [-0.4, -0.2) is 61.9 Å². The number of thioether (sulfide) groups is 1. The Morgan fingerprint density at radius 2 is 1.49 bits per heavy atom. The Morgan fingerprint density at radius 3 is 2.10 bits per heavy atom. The molecule has 3 aromatic carbocycles. The molecule has 0 unspecified atom stereocenters. The number of halogens is 1. The predicted octanol–water partition coefficient (Wildman–Crippen LogP) is 5.25. The highest BCUT2D eigenvalue weighted by Crippen LogP contribution is 2.46. The van der Waals surface area contributed by atoms with Crippen molar-refractivity contribution in [3.05, 3.63) is 95.5 Å². The lowest BCUT2D eigenvalue weighted by Gasteiger charge is -2.39. The Morgan fingerprint density at radius 1 is 0.854 bits per heavy atom. The van der Waals surface area contributed by atoms with Crippen LogP contribution in [0.3, 0.4) is 0 Å². The van der Waals surface area contributed by atoms with Crippen LogP contribution in [-0.2, 0) is 4.74 Å². The summed E-state index contributed by atoms with van der Waals surface area (Å²) in [6, 6.07) is 27.6. The van der Waals surface area contributed by atoms with Gasteiger partial charge in [0.15, 0.2) is 0 Å². The molecule has 0 bridgehead atoms. The van der Waals surface area contributed by atoms with E-state index in [4.69, 9.17) is 21.3 Å². The summed E-state index contributed by atoms with van der Waals surface area (Å²) in [5.74, 6) is 0. The molecule has 0 saturated carbocycles. The smallest absolute Gasteiger partial charge is 0.138 e. The van der Waals surface area contributed by atoms with Gasteiger partial charge in [0.2, 0.25) is 0 Å². The molecule has 1 fully saturated rings. The highest BCUT2D eigenvalue weighted by atomic mass is 35.5. The zero-order valence-corrected chi connectivity index (χ0v) is 23.0. The van der Waals surface area contributed by atoms with Crippen molar-refractivity contribution >= 4 is 34.7 Å². The van der Waals surface area contributed by atoms with Crippen LogP contribution in [0.1, 0.15) is 5.56 Å². The summed E-state index contributed by atoms with van der Waals surface area (Å²) < 4.78 is 5.72. The topological polar surface area (TPSA) is 152 Å². The lowest BCUT2D eigenvalue weighted by atomic mass is 9.96. The molecule has 9 nitrogen and oxygen atoms in total. The third-order valence-corrected chi connectivity index (χ3v) is 7.92. The van der Waals surface area contributed by atoms with Crippen LogP contribution < -0.4 is 0 Å². The van der Waals surface area contributed by atoms with Crippen LogP contribution in [0.25, 0.3) is 22.4 Å². The molecule has 0 amide bonds. The number of nitriles is 1. The molecule has 0 radical (unpaired) electrons. The van der Waals surface area contributed by atoms with Gasteiger partial charge in [-0.15, -0.1) is 5.11 Å². The summed E-state index contributed by atoms with van der Waals surface area (Å²) in [6.07, 6.45) is -5.70. The van der Waals surface area contributed by atoms with Gasteiger partial charge in [-0.3, -0.25) is 0 Å². The van der Waals surface area contributed by atoms with Crippen molar-refractivity contribution in [3.8, 4) is 28.5 Å². The number of ether oxygens (including phenoxy) is 1. The van der Waals surface area contributed by atoms with Gasteiger partial charge in [0.25, 0.3) is 0 Å². The van der Waals surface area contributed by atoms with Gasteiger partial charge >= 0.3 is 0 Å². The minimum Gasteiger partial charge on any atom is -0.394 e. The second-order valence-corrected chi connectivity index (χ2v) is 10.7. The van der Waals surface area contributed by atoms with Crippen LogP contribution in [0.15, 0.2) is 100 Å². The van der Waals surface area contributed by atoms with Crippen LogP contribution in [0.4, 0.5) is 11.4 Å². The lowest BCUT2D eigenvalue weighted by molar-refractivity contribution is -0.205. The molecule has 1 aromatic heterocycles. The summed E-state index contributed by atoms with van der Waals surface area (Å²) in [5.41, 5.74) is 2.19. The molecule has 5 atom stereocenters. The van der Waals surface area contributed by atoms with E-state index in [1.165, 1.54) is 0 Å². The maximum Gasteiger partial charge on any atom is 0.138 e. The van der Waals surface area contributed by atoms with Gasteiger partial charge in [-0.1, -0.05) is 84.0 Å². The van der Waals surface area contributed by atoms with Crippen LogP contribution in [0, 0.1) is 11.3 Å². The van der Waals surface area contributed by atoms with Gasteiger partial charge in [0.1, 0.15) is 46.6 Å². The fourth-order valence-electron chi connectivity index (χ4n) is 4.41. The fraction of sp³-hybridized carbons (Fsp3) is 0.200. The molecule has 0 spiro atoms. The van der Waals surface area contributed by atoms with E-state index in [9.17, 15) is 25.7 Å². The molecule has 2 heterocycles. The first-order valence-corrected chi connectivity index (χ1v) is 13.9. The van der Waals surface area contributed by atoms with E-state index in [1.807, 2.05) is 60.7 Å². The molecular weight excluding hydrogens is 564 g/mol. The summed E-state index contributed by atoms with van der Waals surface area (Å²) in [7, 11) is 0. The van der Waals surface area contributed by atoms with Crippen molar-refractivity contribution in [1.29, 1.82) is 5.26 Å². The number of hydrogen-bond donors (Lipinski definition) is 4. The molecule has 1 saturated heterocycles. The van der Waals surface area contributed by atoms with E-state index >= 15 is 0 Å². The third kappa shape index (κ3) is 6.17. The summed E-state index contributed by atoms with van der Waals surface area (Å²) in [6.45, 7) is -0.574. The monoisotopic (exact) mass is 588 g/mol. The maximum atomic E-state index is 10.7. The summed E-state index contributed by atoms with van der Waals surface area (Å²) >= 11 is 6.95. The molecule has 4 aromatic rings. The number of nitrogens with zero attached hydrogens (tertiary/aromatic N) is 4. The Kier molecular flexibility index (Phi) is 9.07. The van der Waals surface area contributed by atoms with Crippen LogP contribution >= 0.6 is 23.4 Å². The number of aliphatic hydroxyl groups is 4. The largest absolute Gasteiger partial charge is 0.394 e. The molecule has 41 heavy (non-hydrogen) atoms. The first-order chi connectivity index (χ1) is 19.9. The van der Waals surface area contributed by atoms with Crippen molar-refractivity contribution in [1.82, 2.24) is 4.98 Å². The number of pyridine rings is 1. The first-order valence-electron chi connectivity index (χ1n) is 12.6. The molecule has 4 N–H and O–H groups in total. The molecule has 0 aliphatic carbocycles. The standard InChI is InChI=1S/C30H25ClN4O5S/c31-19-11-13-20(14-12-19)34-35-25-23(17-7-3-1-4-8-17)21(15-32)29(33-24(25)18-9-5-2-6-10-18)41-30-28(39)27(38)26(37)22(16-36)40-30/h1-14,22,26-28,30,36-39H,16H2/t22-,26+,27+,28-,30+/m1/s1. The van der Waals surface area contributed by atoms with E-state index in [0.717, 1.165) is 11.8 Å². The normalized spacial score (nSPS) is 22.5. The maximum absolute atomic E-state index is 10.7. The Bertz CT molecular complexity index is 1570. The average molecular weight is 589 g/mol. The Balaban J connectivity index is 1.72. The SMILES string of the molecule is N#Cc1c(S[C@@H]2O[C@H](CO)[C@H](O)[C@H](O)[C@H]2O)nc(-c2ccccc2)c(N=Nc2ccc(Cl)cc2)c1-c1ccccc1. The highest BCUT2D eigenvalue weighted by Gasteiger charge is 2.44. The van der Waals surface area contributed by atoms with Crippen molar-refractivity contribution in [2.45, 2.75) is 34.9 Å². The highest BCUT2D eigenvalue weighted by molar-refractivity contribution is 7.99. The number of aromatic nitrogens is 1. The average Bonchev–Trinajstić information content (AvgIpc) is 3.01. The van der Waals surface area contributed by atoms with Crippen LogP contribution in [0.2, 0.25) is 5.02 Å². The number of benzene rings is 3. The van der Waals surface area contributed by atoms with E-state index in [1.54, 1.807) is 24.3 Å². The first kappa shape index (κ1) is 28.9. The molecule has 1 aliphatic heterocycles. The third-order valence-electron chi connectivity index (χ3n) is 6.53. The molecule has 5 rings (SSSR count). The van der Waals surface area contributed by atoms with Gasteiger partial charge < -0.3 is 25.2 Å². The second-order valence-electron chi connectivity index (χ2n) is 9.20. The minimum atomic E-state index is -1.57. The van der Waals surface area contributed by atoms with Crippen LogP contribution in [0.5, 0.6) is 0 Å². The van der Waals surface area contributed by atoms with E-state index < -0.39 is 36.5 Å². The Hall–Kier alpha value is -3.66. The zero-order valence-electron chi connectivity index (χ0n) is 21.4. The molecule has 1 aliphatic rings. The number of rotatable bonds is 7. The van der Waals surface area contributed by atoms with E-state index in [2.05, 4.69) is 16.3 Å². The lowest BCUT2D eigenvalue weighted by Crippen LogP contribution is -2.57. The summed E-state index contributed by atoms with van der Waals surface area (Å²) in [5, 5.41) is 61.2. The van der Waals surface area contributed by atoms with E-state index in [-0.39, 0.29) is 10.6 Å². The van der Waals surface area contributed by atoms with Gasteiger partial charge in [0.05, 0.1) is 23.6 Å². The van der Waals surface area contributed by atoms with Crippen molar-refractivity contribution in [2.75, 3.05) is 6.61 Å². The second kappa shape index (κ2) is 12.9. The number of aliphatic hydroxyl groups excluding tert-OH is 4. The van der Waals surface area contributed by atoms with Gasteiger partial charge in [-0.2, -0.15) is 10.4 Å². The number of hydrogen-bond acceptors (Lipinski definition) is 10. The molecule has 208 valence electrons. The van der Waals surface area contributed by atoms with Crippen molar-refractivity contribution in [3.63, 3.8) is 0 Å². The van der Waals surface area contributed by atoms with E-state index in [0.29, 0.717) is 38.8 Å². The van der Waals surface area contributed by atoms with Gasteiger partial charge in [0, 0.05) is 16.1 Å². The van der Waals surface area contributed by atoms with Gasteiger partial charge in [-0.05, 0) is 29.8 Å². The Labute approximate surface area is 245 Å². The van der Waals surface area contributed by atoms with Crippen molar-refractivity contribution in [2.24, 2.45) is 10.2 Å². The number of azo groups is 1. The van der Waals surface area contributed by atoms with Gasteiger partial charge in [-0.25, -0.2) is 4.98 Å². The molecular formula is C30H25ClN4O5S. The zero-order chi connectivity index (χ0) is 28.9. The fourth-order valence-corrected chi connectivity index (χ4v) is 5.67. The predicted molar refractivity (Wildman–Crippen MR) is 155 cm³/mol. The minimum absolute atomic E-state index is 0.155. The van der Waals surface area contributed by atoms with Crippen molar-refractivity contribution < 1.29 is 25.2 Å². The molecule has 11 heteroatoms.